The van der Waals surface area contributed by atoms with Crippen molar-refractivity contribution < 1.29 is 9.84 Å². The maximum Gasteiger partial charge on any atom is 0.191 e. The number of guanidine groups is 1. The standard InChI is InChI=1S/C16H35N3O2.HI/c1-6-16(20,7-2)13-19-15(17-8-3)18-10-9-11-21-12-14(4)5;/h14,20H,6-13H2,1-5H3,(H2,17,18,19);1H. The molecule has 22 heavy (non-hydrogen) atoms. The Morgan fingerprint density at radius 3 is 2.32 bits per heavy atom. The summed E-state index contributed by atoms with van der Waals surface area (Å²) >= 11 is 0. The largest absolute Gasteiger partial charge is 0.388 e. The Labute approximate surface area is 153 Å². The second kappa shape index (κ2) is 14.5. The minimum atomic E-state index is -0.692. The van der Waals surface area contributed by atoms with Crippen molar-refractivity contribution in [3.05, 3.63) is 0 Å². The topological polar surface area (TPSA) is 65.9 Å². The average Bonchev–Trinajstić information content (AvgIpc) is 2.47. The molecule has 0 saturated carbocycles. The zero-order valence-electron chi connectivity index (χ0n) is 14.9. The Hall–Kier alpha value is -0.0800. The number of hydrogen-bond acceptors (Lipinski definition) is 3. The smallest absolute Gasteiger partial charge is 0.191 e. The molecular formula is C16H36IN3O2. The first-order valence-electron chi connectivity index (χ1n) is 8.29. The summed E-state index contributed by atoms with van der Waals surface area (Å²) in [7, 11) is 0. The number of rotatable bonds is 11. The maximum atomic E-state index is 10.3. The van der Waals surface area contributed by atoms with E-state index in [1.165, 1.54) is 0 Å². The van der Waals surface area contributed by atoms with Crippen LogP contribution in [-0.4, -0.2) is 49.5 Å². The van der Waals surface area contributed by atoms with Crippen molar-refractivity contribution in [3.8, 4) is 0 Å². The third kappa shape index (κ3) is 12.5. The van der Waals surface area contributed by atoms with Crippen LogP contribution in [0.15, 0.2) is 4.99 Å². The summed E-state index contributed by atoms with van der Waals surface area (Å²) in [5, 5.41) is 16.7. The van der Waals surface area contributed by atoms with Crippen molar-refractivity contribution in [2.45, 2.75) is 59.5 Å². The Morgan fingerprint density at radius 2 is 1.82 bits per heavy atom. The van der Waals surface area contributed by atoms with Crippen LogP contribution in [0.25, 0.3) is 0 Å². The zero-order valence-corrected chi connectivity index (χ0v) is 17.3. The van der Waals surface area contributed by atoms with E-state index in [0.29, 0.717) is 12.5 Å². The van der Waals surface area contributed by atoms with Crippen molar-refractivity contribution in [1.82, 2.24) is 10.6 Å². The van der Waals surface area contributed by atoms with Gasteiger partial charge in [0.05, 0.1) is 12.1 Å². The van der Waals surface area contributed by atoms with Crippen molar-refractivity contribution in [3.63, 3.8) is 0 Å². The molecule has 0 atom stereocenters. The average molecular weight is 429 g/mol. The van der Waals surface area contributed by atoms with E-state index in [9.17, 15) is 5.11 Å². The summed E-state index contributed by atoms with van der Waals surface area (Å²) < 4.78 is 5.55. The summed E-state index contributed by atoms with van der Waals surface area (Å²) in [6.45, 7) is 14.0. The fourth-order valence-corrected chi connectivity index (χ4v) is 1.74. The van der Waals surface area contributed by atoms with Gasteiger partial charge in [-0.1, -0.05) is 27.7 Å². The highest BCUT2D eigenvalue weighted by Gasteiger charge is 2.21. The van der Waals surface area contributed by atoms with E-state index in [1.54, 1.807) is 0 Å². The minimum absolute atomic E-state index is 0. The normalized spacial score (nSPS) is 12.2. The van der Waals surface area contributed by atoms with Crippen LogP contribution in [0.2, 0.25) is 0 Å². The molecule has 5 nitrogen and oxygen atoms in total. The number of halogens is 1. The molecule has 0 aliphatic rings. The molecule has 0 radical (unpaired) electrons. The molecule has 0 spiro atoms. The van der Waals surface area contributed by atoms with Crippen LogP contribution < -0.4 is 10.6 Å². The highest BCUT2D eigenvalue weighted by molar-refractivity contribution is 14.0. The molecule has 0 aromatic rings. The molecule has 0 heterocycles. The lowest BCUT2D eigenvalue weighted by Crippen LogP contribution is -2.40. The van der Waals surface area contributed by atoms with Crippen molar-refractivity contribution in [1.29, 1.82) is 0 Å². The van der Waals surface area contributed by atoms with Gasteiger partial charge < -0.3 is 20.5 Å². The summed E-state index contributed by atoms with van der Waals surface area (Å²) in [6, 6.07) is 0. The lowest BCUT2D eigenvalue weighted by Gasteiger charge is -2.23. The number of hydrogen-bond donors (Lipinski definition) is 3. The summed E-state index contributed by atoms with van der Waals surface area (Å²) in [4.78, 5) is 4.48. The third-order valence-corrected chi connectivity index (χ3v) is 3.40. The Bertz CT molecular complexity index is 283. The van der Waals surface area contributed by atoms with E-state index in [4.69, 9.17) is 4.74 Å². The fourth-order valence-electron chi connectivity index (χ4n) is 1.74. The first kappa shape index (κ1) is 24.2. The van der Waals surface area contributed by atoms with Crippen molar-refractivity contribution >= 4 is 29.9 Å². The first-order valence-corrected chi connectivity index (χ1v) is 8.29. The van der Waals surface area contributed by atoms with Crippen LogP contribution >= 0.6 is 24.0 Å². The lowest BCUT2D eigenvalue weighted by molar-refractivity contribution is 0.0418. The SMILES string of the molecule is CCNC(=NCC(O)(CC)CC)NCCCOCC(C)C.I. The third-order valence-electron chi connectivity index (χ3n) is 3.40. The quantitative estimate of drug-likeness (QED) is 0.205. The lowest BCUT2D eigenvalue weighted by atomic mass is 9.98. The van der Waals surface area contributed by atoms with Crippen LogP contribution in [0.3, 0.4) is 0 Å². The molecule has 0 unspecified atom stereocenters. The van der Waals surface area contributed by atoms with Crippen LogP contribution in [0.4, 0.5) is 0 Å². The summed E-state index contributed by atoms with van der Waals surface area (Å²) in [5.74, 6) is 1.35. The van der Waals surface area contributed by atoms with Gasteiger partial charge in [-0.2, -0.15) is 0 Å². The van der Waals surface area contributed by atoms with Crippen LogP contribution in [0, 0.1) is 5.92 Å². The van der Waals surface area contributed by atoms with Gasteiger partial charge in [0.1, 0.15) is 0 Å². The van der Waals surface area contributed by atoms with E-state index in [1.807, 2.05) is 20.8 Å². The molecule has 0 aliphatic carbocycles. The number of aliphatic imine (C=N–C) groups is 1. The predicted molar refractivity (Wildman–Crippen MR) is 105 cm³/mol. The van der Waals surface area contributed by atoms with Gasteiger partial charge in [0, 0.05) is 26.3 Å². The van der Waals surface area contributed by atoms with Crippen molar-refractivity contribution in [2.24, 2.45) is 10.9 Å². The highest BCUT2D eigenvalue weighted by atomic mass is 127. The van der Waals surface area contributed by atoms with Gasteiger partial charge in [0.25, 0.3) is 0 Å². The molecule has 0 fully saturated rings. The second-order valence-electron chi connectivity index (χ2n) is 5.88. The van der Waals surface area contributed by atoms with Crippen LogP contribution in [0.1, 0.15) is 53.9 Å². The number of nitrogens with zero attached hydrogens (tertiary/aromatic N) is 1. The van der Waals surface area contributed by atoms with Gasteiger partial charge in [0.15, 0.2) is 5.96 Å². The first-order chi connectivity index (χ1) is 9.97. The van der Waals surface area contributed by atoms with Gasteiger partial charge in [-0.25, -0.2) is 0 Å². The molecule has 6 heteroatoms. The second-order valence-corrected chi connectivity index (χ2v) is 5.88. The Morgan fingerprint density at radius 1 is 1.18 bits per heavy atom. The maximum absolute atomic E-state index is 10.3. The molecule has 0 saturated heterocycles. The van der Waals surface area contributed by atoms with Crippen LogP contribution in [0.5, 0.6) is 0 Å². The van der Waals surface area contributed by atoms with E-state index in [0.717, 1.165) is 51.5 Å². The van der Waals surface area contributed by atoms with Gasteiger partial charge in [-0.15, -0.1) is 24.0 Å². The minimum Gasteiger partial charge on any atom is -0.388 e. The van der Waals surface area contributed by atoms with Gasteiger partial charge in [0.2, 0.25) is 0 Å². The molecule has 0 bridgehead atoms. The molecular weight excluding hydrogens is 393 g/mol. The molecule has 0 rings (SSSR count). The highest BCUT2D eigenvalue weighted by Crippen LogP contribution is 2.14. The van der Waals surface area contributed by atoms with E-state index >= 15 is 0 Å². The molecule has 0 aromatic heterocycles. The van der Waals surface area contributed by atoms with E-state index < -0.39 is 5.60 Å². The van der Waals surface area contributed by atoms with E-state index in [2.05, 4.69) is 29.5 Å². The van der Waals surface area contributed by atoms with E-state index in [-0.39, 0.29) is 24.0 Å². The fraction of sp³-hybridized carbons (Fsp3) is 0.938. The van der Waals surface area contributed by atoms with Gasteiger partial charge >= 0.3 is 0 Å². The van der Waals surface area contributed by atoms with Crippen molar-refractivity contribution in [2.75, 3.05) is 32.8 Å². The summed E-state index contributed by atoms with van der Waals surface area (Å²) in [5.41, 5.74) is -0.692. The van der Waals surface area contributed by atoms with Crippen LogP contribution in [-0.2, 0) is 4.74 Å². The Kier molecular flexibility index (Phi) is 15.9. The summed E-state index contributed by atoms with van der Waals surface area (Å²) in [6.07, 6.45) is 2.38. The zero-order chi connectivity index (χ0) is 16.1. The van der Waals surface area contributed by atoms with Gasteiger partial charge in [-0.05, 0) is 32.1 Å². The van der Waals surface area contributed by atoms with Gasteiger partial charge in [-0.3, -0.25) is 4.99 Å². The molecule has 0 aliphatic heterocycles. The molecule has 3 N–H and O–H groups in total. The number of ether oxygens (including phenoxy) is 1. The molecule has 0 aromatic carbocycles. The molecule has 0 amide bonds. The number of nitrogens with one attached hydrogen (secondary N) is 2. The number of aliphatic hydroxyl groups is 1. The molecule has 134 valence electrons. The monoisotopic (exact) mass is 429 g/mol. The predicted octanol–water partition coefficient (Wildman–Crippen LogP) is 2.77. The Balaban J connectivity index is 0.